The number of hydrogen-bond donors (Lipinski definition) is 2. The largest absolute Gasteiger partial charge is 0.378 e. The minimum atomic E-state index is -0.936. The monoisotopic (exact) mass is 99.1 g/mol. The Hall–Kier alpha value is -0.680. The van der Waals surface area contributed by atoms with Gasteiger partial charge in [0.05, 0.1) is 0 Å². The molecule has 0 bridgehead atoms. The van der Waals surface area contributed by atoms with Crippen LogP contribution < -0.4 is 5.73 Å². The number of nitrogens with two attached hydrogens (primary N) is 1. The maximum absolute atomic E-state index is 8.76. The van der Waals surface area contributed by atoms with Crippen molar-refractivity contribution in [2.75, 3.05) is 0 Å². The lowest BCUT2D eigenvalue weighted by Gasteiger charge is -2.04. The fourth-order valence-corrected chi connectivity index (χ4v) is 0.177. The fourth-order valence-electron chi connectivity index (χ4n) is 0.177. The molecule has 40 valence electrons. The van der Waals surface area contributed by atoms with Crippen LogP contribution in [-0.2, 0) is 0 Å². The maximum atomic E-state index is 8.76. The predicted molar refractivity (Wildman–Crippen MR) is 28.3 cm³/mol. The van der Waals surface area contributed by atoms with Crippen LogP contribution in [0.25, 0.3) is 0 Å². The van der Waals surface area contributed by atoms with Crippen LogP contribution in [0.15, 0.2) is 0 Å². The van der Waals surface area contributed by atoms with Gasteiger partial charge in [-0.05, 0) is 19.8 Å². The van der Waals surface area contributed by atoms with Gasteiger partial charge in [-0.3, -0.25) is 0 Å². The fraction of sp³-hybridized carbons (Fsp3) is 0.600. The molecule has 2 nitrogen and oxygen atoms in total. The van der Waals surface area contributed by atoms with Gasteiger partial charge in [-0.15, -0.1) is 0 Å². The molecule has 7 heavy (non-hydrogen) atoms. The summed E-state index contributed by atoms with van der Waals surface area (Å²) in [6, 6.07) is 2.11. The van der Waals surface area contributed by atoms with Crippen LogP contribution in [0.5, 0.6) is 0 Å². The van der Waals surface area contributed by atoms with E-state index < -0.39 is 5.60 Å². The molecule has 0 amide bonds. The Kier molecular flexibility index (Phi) is 1.67. The Morgan fingerprint density at radius 1 is 1.57 bits per heavy atom. The number of hydrogen-bond acceptors (Lipinski definition) is 2. The summed E-state index contributed by atoms with van der Waals surface area (Å²) >= 11 is 0. The van der Waals surface area contributed by atoms with E-state index in [0.717, 1.165) is 0 Å². The van der Waals surface area contributed by atoms with Gasteiger partial charge in [-0.2, -0.15) is 0 Å². The summed E-state index contributed by atoms with van der Waals surface area (Å²) in [6.45, 7) is 3.15. The summed E-state index contributed by atoms with van der Waals surface area (Å²) < 4.78 is 0. The zero-order chi connectivity index (χ0) is 5.91. The lowest BCUT2D eigenvalue weighted by atomic mass is 10.2. The molecular formula is C5H9NO. The van der Waals surface area contributed by atoms with Crippen LogP contribution in [0.2, 0.25) is 0 Å². The molecule has 2 heteroatoms. The third-order valence-electron chi connectivity index (χ3n) is 0.378. The lowest BCUT2D eigenvalue weighted by Crippen LogP contribution is -2.15. The van der Waals surface area contributed by atoms with Crippen LogP contribution in [0.3, 0.4) is 0 Å². The number of rotatable bonds is 0. The third-order valence-corrected chi connectivity index (χ3v) is 0.378. The minimum Gasteiger partial charge on any atom is -0.378 e. The highest BCUT2D eigenvalue weighted by molar-refractivity contribution is 5.06. The van der Waals surface area contributed by atoms with Gasteiger partial charge < -0.3 is 10.8 Å². The van der Waals surface area contributed by atoms with E-state index in [1.165, 1.54) is 0 Å². The van der Waals surface area contributed by atoms with Crippen molar-refractivity contribution < 1.29 is 5.11 Å². The van der Waals surface area contributed by atoms with Gasteiger partial charge in [0.2, 0.25) is 0 Å². The quantitative estimate of drug-likeness (QED) is 0.323. The van der Waals surface area contributed by atoms with E-state index in [1.807, 2.05) is 0 Å². The molecule has 0 aliphatic rings. The van der Waals surface area contributed by atoms with Crippen LogP contribution in [0.4, 0.5) is 0 Å². The molecule has 0 aliphatic carbocycles. The topological polar surface area (TPSA) is 46.2 Å². The molecule has 0 rings (SSSR count). The highest BCUT2D eigenvalue weighted by Gasteiger charge is 2.04. The summed E-state index contributed by atoms with van der Waals surface area (Å²) in [5, 5.41) is 8.76. The molecule has 0 aromatic carbocycles. The molecule has 0 fully saturated rings. The molecule has 0 aromatic rings. The van der Waals surface area contributed by atoms with E-state index in [9.17, 15) is 0 Å². The van der Waals surface area contributed by atoms with Crippen LogP contribution >= 0.6 is 0 Å². The van der Waals surface area contributed by atoms with Gasteiger partial charge in [-0.25, -0.2) is 0 Å². The van der Waals surface area contributed by atoms with Crippen LogP contribution in [-0.4, -0.2) is 10.7 Å². The Morgan fingerprint density at radius 3 is 2.00 bits per heavy atom. The molecule has 0 aliphatic heterocycles. The molecular weight excluding hydrogens is 90.1 g/mol. The zero-order valence-corrected chi connectivity index (χ0v) is 4.52. The molecule has 0 saturated heterocycles. The Labute approximate surface area is 43.3 Å². The average molecular weight is 99.1 g/mol. The molecule has 0 heterocycles. The van der Waals surface area contributed by atoms with Crippen molar-refractivity contribution in [2.45, 2.75) is 19.4 Å². The average Bonchev–Trinajstić information content (AvgIpc) is 1.30. The van der Waals surface area contributed by atoms with E-state index in [-0.39, 0.29) is 0 Å². The summed E-state index contributed by atoms with van der Waals surface area (Å²) in [6.07, 6.45) is 0. The van der Waals surface area contributed by atoms with E-state index in [1.54, 1.807) is 13.8 Å². The highest BCUT2D eigenvalue weighted by atomic mass is 16.3. The van der Waals surface area contributed by atoms with Crippen molar-refractivity contribution in [1.82, 2.24) is 0 Å². The second-order valence-electron chi connectivity index (χ2n) is 1.83. The number of aliphatic hydroxyl groups is 1. The first-order valence-electron chi connectivity index (χ1n) is 2.01. The van der Waals surface area contributed by atoms with Crippen LogP contribution in [0, 0.1) is 12.0 Å². The molecule has 0 spiro atoms. The highest BCUT2D eigenvalue weighted by Crippen LogP contribution is 1.94. The van der Waals surface area contributed by atoms with E-state index in [0.29, 0.717) is 0 Å². The first-order chi connectivity index (χ1) is 3.06. The first kappa shape index (κ1) is 6.32. The Balaban J connectivity index is 3.72. The molecule has 0 unspecified atom stereocenters. The van der Waals surface area contributed by atoms with Gasteiger partial charge in [0.25, 0.3) is 0 Å². The SMILES string of the molecule is CC(C)(O)C#CN. The predicted octanol–water partition coefficient (Wildman–Crippen LogP) is -0.323. The van der Waals surface area contributed by atoms with Crippen molar-refractivity contribution in [3.8, 4) is 12.0 Å². The van der Waals surface area contributed by atoms with Crippen molar-refractivity contribution in [1.29, 1.82) is 0 Å². The van der Waals surface area contributed by atoms with Crippen molar-refractivity contribution >= 4 is 0 Å². The van der Waals surface area contributed by atoms with E-state index in [4.69, 9.17) is 10.8 Å². The van der Waals surface area contributed by atoms with Crippen LogP contribution in [0.1, 0.15) is 13.8 Å². The summed E-state index contributed by atoms with van der Waals surface area (Å²) in [4.78, 5) is 0. The Bertz CT molecular complexity index is 101. The smallest absolute Gasteiger partial charge is 0.121 e. The lowest BCUT2D eigenvalue weighted by molar-refractivity contribution is 0.143. The second kappa shape index (κ2) is 1.85. The normalized spacial score (nSPS) is 9.57. The standard InChI is InChI=1S/C5H9NO/c1-5(2,7)3-4-6/h7H,6H2,1-2H3. The Morgan fingerprint density at radius 2 is 2.00 bits per heavy atom. The minimum absolute atomic E-state index is 0.936. The molecule has 3 N–H and O–H groups in total. The van der Waals surface area contributed by atoms with Crippen molar-refractivity contribution in [3.05, 3.63) is 0 Å². The maximum Gasteiger partial charge on any atom is 0.121 e. The van der Waals surface area contributed by atoms with Crippen molar-refractivity contribution in [3.63, 3.8) is 0 Å². The molecule has 0 atom stereocenters. The summed E-state index contributed by atoms with van der Waals surface area (Å²) in [5.41, 5.74) is 3.86. The van der Waals surface area contributed by atoms with Gasteiger partial charge in [0, 0.05) is 6.04 Å². The zero-order valence-electron chi connectivity index (χ0n) is 4.52. The first-order valence-corrected chi connectivity index (χ1v) is 2.01. The second-order valence-corrected chi connectivity index (χ2v) is 1.83. The van der Waals surface area contributed by atoms with Gasteiger partial charge in [-0.1, -0.05) is 0 Å². The molecule has 0 aromatic heterocycles. The van der Waals surface area contributed by atoms with E-state index in [2.05, 4.69) is 12.0 Å². The summed E-state index contributed by atoms with van der Waals surface area (Å²) in [7, 11) is 0. The summed E-state index contributed by atoms with van der Waals surface area (Å²) in [5.74, 6) is 2.37. The third kappa shape index (κ3) is 5.32. The van der Waals surface area contributed by atoms with Gasteiger partial charge in [0.1, 0.15) is 5.60 Å². The van der Waals surface area contributed by atoms with Gasteiger partial charge >= 0.3 is 0 Å². The van der Waals surface area contributed by atoms with Gasteiger partial charge in [0.15, 0.2) is 0 Å². The molecule has 0 radical (unpaired) electrons. The van der Waals surface area contributed by atoms with E-state index >= 15 is 0 Å². The molecule has 0 saturated carbocycles. The van der Waals surface area contributed by atoms with Crippen molar-refractivity contribution in [2.24, 2.45) is 5.73 Å².